The van der Waals surface area contributed by atoms with Crippen molar-refractivity contribution in [2.75, 3.05) is 5.32 Å². The zero-order valence-electron chi connectivity index (χ0n) is 10.1. The number of rotatable bonds is 2. The Kier molecular flexibility index (Phi) is 3.40. The molecule has 7 heteroatoms. The number of aromatic carboxylic acids is 1. The standard InChI is InChI=1S/C10H15N3O4/c1-10(2,3)17-9(16)12-8-11-5-6(7(14)15)13(8)4/h5H,1-4H3,(H,14,15)(H,11,12,16). The Bertz CT molecular complexity index is 445. The van der Waals surface area contributed by atoms with Crippen molar-refractivity contribution >= 4 is 18.0 Å². The second-order valence-corrected chi connectivity index (χ2v) is 4.46. The van der Waals surface area contributed by atoms with E-state index in [2.05, 4.69) is 10.3 Å². The van der Waals surface area contributed by atoms with Crippen LogP contribution in [0.2, 0.25) is 0 Å². The molecule has 94 valence electrons. The summed E-state index contributed by atoms with van der Waals surface area (Å²) in [5, 5.41) is 11.2. The van der Waals surface area contributed by atoms with Gasteiger partial charge in [0.05, 0.1) is 6.20 Å². The predicted molar refractivity (Wildman–Crippen MR) is 60.0 cm³/mol. The molecule has 1 aromatic rings. The average Bonchev–Trinajstić information content (AvgIpc) is 2.44. The van der Waals surface area contributed by atoms with Crippen LogP contribution >= 0.6 is 0 Å². The van der Waals surface area contributed by atoms with Crippen molar-refractivity contribution in [1.29, 1.82) is 0 Å². The van der Waals surface area contributed by atoms with Crippen LogP contribution in [-0.2, 0) is 11.8 Å². The maximum atomic E-state index is 11.4. The molecule has 0 aliphatic heterocycles. The summed E-state index contributed by atoms with van der Waals surface area (Å²) in [7, 11) is 1.49. The highest BCUT2D eigenvalue weighted by molar-refractivity contribution is 5.88. The molecular formula is C10H15N3O4. The van der Waals surface area contributed by atoms with Gasteiger partial charge >= 0.3 is 12.1 Å². The molecule has 0 spiro atoms. The molecule has 0 atom stereocenters. The Balaban J connectivity index is 2.76. The van der Waals surface area contributed by atoms with E-state index in [9.17, 15) is 9.59 Å². The van der Waals surface area contributed by atoms with Gasteiger partial charge in [-0.1, -0.05) is 0 Å². The number of carboxylic acids is 1. The fraction of sp³-hybridized carbons (Fsp3) is 0.500. The van der Waals surface area contributed by atoms with Crippen molar-refractivity contribution in [3.05, 3.63) is 11.9 Å². The molecule has 0 aliphatic carbocycles. The molecule has 0 aromatic carbocycles. The molecule has 1 heterocycles. The molecule has 1 rings (SSSR count). The first kappa shape index (κ1) is 13.0. The van der Waals surface area contributed by atoms with Gasteiger partial charge in [-0.15, -0.1) is 0 Å². The summed E-state index contributed by atoms with van der Waals surface area (Å²) in [5.74, 6) is -0.992. The lowest BCUT2D eigenvalue weighted by Crippen LogP contribution is -2.28. The third-order valence-electron chi connectivity index (χ3n) is 1.82. The quantitative estimate of drug-likeness (QED) is 0.817. The fourth-order valence-corrected chi connectivity index (χ4v) is 1.12. The number of anilines is 1. The highest BCUT2D eigenvalue weighted by Crippen LogP contribution is 2.11. The number of carbonyl (C=O) groups excluding carboxylic acids is 1. The van der Waals surface area contributed by atoms with Crippen molar-refractivity contribution in [3.63, 3.8) is 0 Å². The first-order valence-electron chi connectivity index (χ1n) is 4.96. The summed E-state index contributed by atoms with van der Waals surface area (Å²) in [6.07, 6.45) is 0.484. The third-order valence-corrected chi connectivity index (χ3v) is 1.82. The molecule has 0 saturated carbocycles. The van der Waals surface area contributed by atoms with E-state index in [0.717, 1.165) is 6.20 Å². The lowest BCUT2D eigenvalue weighted by Gasteiger charge is -2.19. The van der Waals surface area contributed by atoms with Crippen LogP contribution in [0.1, 0.15) is 31.3 Å². The number of nitrogens with zero attached hydrogens (tertiary/aromatic N) is 2. The van der Waals surface area contributed by atoms with Crippen molar-refractivity contribution < 1.29 is 19.4 Å². The third kappa shape index (κ3) is 3.47. The lowest BCUT2D eigenvalue weighted by molar-refractivity contribution is 0.0629. The van der Waals surface area contributed by atoms with Gasteiger partial charge < -0.3 is 14.4 Å². The highest BCUT2D eigenvalue weighted by atomic mass is 16.6. The molecule has 0 bridgehead atoms. The second kappa shape index (κ2) is 4.44. The van der Waals surface area contributed by atoms with E-state index in [4.69, 9.17) is 9.84 Å². The molecule has 7 nitrogen and oxygen atoms in total. The van der Waals surface area contributed by atoms with E-state index in [1.165, 1.54) is 11.6 Å². The van der Waals surface area contributed by atoms with Gasteiger partial charge in [0.2, 0.25) is 5.95 Å². The van der Waals surface area contributed by atoms with Crippen LogP contribution in [0.3, 0.4) is 0 Å². The summed E-state index contributed by atoms with van der Waals surface area (Å²) < 4.78 is 6.27. The molecule has 0 radical (unpaired) electrons. The Morgan fingerprint density at radius 3 is 2.47 bits per heavy atom. The van der Waals surface area contributed by atoms with Crippen molar-refractivity contribution in [2.45, 2.75) is 26.4 Å². The molecule has 1 amide bonds. The van der Waals surface area contributed by atoms with Gasteiger partial charge in [0.15, 0.2) is 0 Å². The minimum atomic E-state index is -1.11. The summed E-state index contributed by atoms with van der Waals surface area (Å²) in [4.78, 5) is 25.9. The highest BCUT2D eigenvalue weighted by Gasteiger charge is 2.19. The Morgan fingerprint density at radius 2 is 2.06 bits per heavy atom. The van der Waals surface area contributed by atoms with E-state index in [1.54, 1.807) is 20.8 Å². The molecular weight excluding hydrogens is 226 g/mol. The lowest BCUT2D eigenvalue weighted by atomic mass is 10.2. The van der Waals surface area contributed by atoms with E-state index >= 15 is 0 Å². The molecule has 1 aromatic heterocycles. The van der Waals surface area contributed by atoms with Crippen LogP contribution in [0.15, 0.2) is 6.20 Å². The van der Waals surface area contributed by atoms with Crippen LogP contribution in [-0.4, -0.2) is 32.3 Å². The molecule has 0 unspecified atom stereocenters. The fourth-order valence-electron chi connectivity index (χ4n) is 1.12. The normalized spacial score (nSPS) is 11.1. The van der Waals surface area contributed by atoms with Gasteiger partial charge in [-0.05, 0) is 20.8 Å². The van der Waals surface area contributed by atoms with E-state index < -0.39 is 17.7 Å². The number of nitrogens with one attached hydrogen (secondary N) is 1. The largest absolute Gasteiger partial charge is 0.477 e. The van der Waals surface area contributed by atoms with Gasteiger partial charge in [0.25, 0.3) is 0 Å². The van der Waals surface area contributed by atoms with Crippen molar-refractivity contribution in [2.24, 2.45) is 7.05 Å². The Labute approximate surface area is 98.4 Å². The predicted octanol–water partition coefficient (Wildman–Crippen LogP) is 1.47. The topological polar surface area (TPSA) is 93.5 Å². The monoisotopic (exact) mass is 241 g/mol. The van der Waals surface area contributed by atoms with Crippen LogP contribution in [0.25, 0.3) is 0 Å². The zero-order valence-corrected chi connectivity index (χ0v) is 10.1. The summed E-state index contributed by atoms with van der Waals surface area (Å²) >= 11 is 0. The maximum Gasteiger partial charge on any atom is 0.414 e. The van der Waals surface area contributed by atoms with Crippen LogP contribution < -0.4 is 5.32 Å². The Hall–Kier alpha value is -2.05. The van der Waals surface area contributed by atoms with Gasteiger partial charge in [0, 0.05) is 7.05 Å². The van der Waals surface area contributed by atoms with Crippen LogP contribution in [0.5, 0.6) is 0 Å². The summed E-state index contributed by atoms with van der Waals surface area (Å²) in [6, 6.07) is 0. The minimum absolute atomic E-state index is 0.0175. The number of hydrogen-bond donors (Lipinski definition) is 2. The van der Waals surface area contributed by atoms with E-state index in [-0.39, 0.29) is 11.6 Å². The molecule has 0 fully saturated rings. The van der Waals surface area contributed by atoms with Crippen molar-refractivity contribution in [3.8, 4) is 0 Å². The number of hydrogen-bond acceptors (Lipinski definition) is 4. The first-order chi connectivity index (χ1) is 7.70. The smallest absolute Gasteiger partial charge is 0.414 e. The molecule has 17 heavy (non-hydrogen) atoms. The number of amides is 1. The van der Waals surface area contributed by atoms with E-state index in [1.807, 2.05) is 0 Å². The second-order valence-electron chi connectivity index (χ2n) is 4.46. The molecule has 0 aliphatic rings. The minimum Gasteiger partial charge on any atom is -0.477 e. The van der Waals surface area contributed by atoms with Crippen molar-refractivity contribution in [1.82, 2.24) is 9.55 Å². The van der Waals surface area contributed by atoms with Crippen LogP contribution in [0.4, 0.5) is 10.7 Å². The molecule has 2 N–H and O–H groups in total. The van der Waals surface area contributed by atoms with E-state index in [0.29, 0.717) is 0 Å². The summed E-state index contributed by atoms with van der Waals surface area (Å²) in [5.41, 5.74) is -0.638. The number of ether oxygens (including phenoxy) is 1. The SMILES string of the molecule is Cn1c(C(=O)O)cnc1NC(=O)OC(C)(C)C. The van der Waals surface area contributed by atoms with Crippen LogP contribution in [0, 0.1) is 0 Å². The number of carbonyl (C=O) groups is 2. The zero-order chi connectivity index (χ0) is 13.2. The average molecular weight is 241 g/mol. The van der Waals surface area contributed by atoms with Gasteiger partial charge in [-0.2, -0.15) is 0 Å². The Morgan fingerprint density at radius 1 is 1.47 bits per heavy atom. The summed E-state index contributed by atoms with van der Waals surface area (Å²) in [6.45, 7) is 5.19. The van der Waals surface area contributed by atoms with Gasteiger partial charge in [-0.3, -0.25) is 5.32 Å². The number of imidazole rings is 1. The first-order valence-corrected chi connectivity index (χ1v) is 4.96. The van der Waals surface area contributed by atoms with Gasteiger partial charge in [-0.25, -0.2) is 14.6 Å². The number of aromatic nitrogens is 2. The van der Waals surface area contributed by atoms with Gasteiger partial charge in [0.1, 0.15) is 11.3 Å². The maximum absolute atomic E-state index is 11.4. The molecule has 0 saturated heterocycles. The number of carboxylic acid groups (broad SMARTS) is 1.